The van der Waals surface area contributed by atoms with Crippen molar-refractivity contribution in [2.24, 2.45) is 0 Å². The van der Waals surface area contributed by atoms with Gasteiger partial charge in [-0.15, -0.1) is 5.10 Å². The van der Waals surface area contributed by atoms with E-state index in [0.717, 1.165) is 33.9 Å². The highest BCUT2D eigenvalue weighted by Gasteiger charge is 2.37. The second-order valence-corrected chi connectivity index (χ2v) is 7.15. The van der Waals surface area contributed by atoms with Crippen LogP contribution in [-0.2, 0) is 11.8 Å². The summed E-state index contributed by atoms with van der Waals surface area (Å²) in [6.07, 6.45) is 5.03. The number of allylic oxidation sites excluding steroid dienone is 1. The lowest BCUT2D eigenvalue weighted by atomic mass is 9.68. The first-order valence-corrected chi connectivity index (χ1v) is 9.53. The minimum atomic E-state index is -0.366. The second kappa shape index (κ2) is 7.14. The molecule has 0 spiro atoms. The van der Waals surface area contributed by atoms with Gasteiger partial charge in [-0.1, -0.05) is 36.4 Å². The molecule has 2 aromatic heterocycles. The summed E-state index contributed by atoms with van der Waals surface area (Å²) in [5.74, 6) is 2.19. The van der Waals surface area contributed by atoms with Crippen LogP contribution in [0.3, 0.4) is 0 Å². The number of nitrogens with one attached hydrogen (secondary N) is 2. The van der Waals surface area contributed by atoms with Gasteiger partial charge in [0.2, 0.25) is 5.82 Å². The Kier molecular flexibility index (Phi) is 4.31. The molecule has 150 valence electrons. The zero-order chi connectivity index (χ0) is 20.6. The average molecular weight is 400 g/mol. The Hall–Kier alpha value is -3.94. The van der Waals surface area contributed by atoms with E-state index in [0.29, 0.717) is 17.9 Å². The highest BCUT2D eigenvalue weighted by molar-refractivity contribution is 5.73. The molecule has 0 unspecified atom stereocenters. The van der Waals surface area contributed by atoms with Crippen molar-refractivity contribution in [1.29, 1.82) is 0 Å². The number of ether oxygens (including phenoxy) is 2. The largest absolute Gasteiger partial charge is 0.497 e. The van der Waals surface area contributed by atoms with Crippen LogP contribution >= 0.6 is 0 Å². The third-order valence-electron chi connectivity index (χ3n) is 5.65. The smallest absolute Gasteiger partial charge is 0.200 e. The van der Waals surface area contributed by atoms with Crippen LogP contribution in [0.1, 0.15) is 22.4 Å². The van der Waals surface area contributed by atoms with Crippen molar-refractivity contribution in [3.63, 3.8) is 0 Å². The zero-order valence-electron chi connectivity index (χ0n) is 16.6. The van der Waals surface area contributed by atoms with Crippen LogP contribution in [0.5, 0.6) is 11.5 Å². The molecule has 8 heteroatoms. The Bertz CT molecular complexity index is 1130. The Morgan fingerprint density at radius 3 is 2.03 bits per heavy atom. The summed E-state index contributed by atoms with van der Waals surface area (Å²) >= 11 is 0. The lowest BCUT2D eigenvalue weighted by Crippen LogP contribution is -2.30. The van der Waals surface area contributed by atoms with Gasteiger partial charge in [0, 0.05) is 23.1 Å². The van der Waals surface area contributed by atoms with Crippen molar-refractivity contribution >= 4 is 6.08 Å². The van der Waals surface area contributed by atoms with E-state index in [2.05, 4.69) is 67.2 Å². The number of fused-ring (bicyclic) bond motifs is 1. The molecule has 2 N–H and O–H groups in total. The molecule has 2 aromatic carbocycles. The predicted molar refractivity (Wildman–Crippen MR) is 111 cm³/mol. The maximum absolute atomic E-state index is 5.35. The van der Waals surface area contributed by atoms with Gasteiger partial charge in [-0.25, -0.2) is 5.10 Å². The normalized spacial score (nSPS) is 14.3. The summed E-state index contributed by atoms with van der Waals surface area (Å²) in [6.45, 7) is 0. The SMILES string of the molecule is COc1ccc(C2(c3ccc(OC)cc3)C=Cc3c(-c4nnn[nH]4)n[nH]c3C2)cc1. The maximum Gasteiger partial charge on any atom is 0.200 e. The maximum atomic E-state index is 5.35. The van der Waals surface area contributed by atoms with E-state index in [9.17, 15) is 0 Å². The molecule has 0 radical (unpaired) electrons. The molecule has 0 aliphatic heterocycles. The van der Waals surface area contributed by atoms with Gasteiger partial charge in [0.05, 0.1) is 14.2 Å². The molecule has 8 nitrogen and oxygen atoms in total. The molecule has 1 aliphatic carbocycles. The Morgan fingerprint density at radius 2 is 1.50 bits per heavy atom. The van der Waals surface area contributed by atoms with Crippen LogP contribution in [-0.4, -0.2) is 45.0 Å². The number of H-pyrrole nitrogens is 2. The van der Waals surface area contributed by atoms with Crippen LogP contribution in [0.4, 0.5) is 0 Å². The highest BCUT2D eigenvalue weighted by atomic mass is 16.5. The molecule has 5 rings (SSSR count). The van der Waals surface area contributed by atoms with Crippen molar-refractivity contribution in [3.8, 4) is 23.0 Å². The number of methoxy groups -OCH3 is 2. The lowest BCUT2D eigenvalue weighted by Gasteiger charge is -2.34. The fourth-order valence-corrected chi connectivity index (χ4v) is 4.04. The van der Waals surface area contributed by atoms with E-state index in [4.69, 9.17) is 9.47 Å². The first-order valence-electron chi connectivity index (χ1n) is 9.53. The summed E-state index contributed by atoms with van der Waals surface area (Å²) < 4.78 is 10.7. The van der Waals surface area contributed by atoms with Gasteiger partial charge in [0.1, 0.15) is 17.2 Å². The number of aromatic amines is 2. The number of tetrazole rings is 1. The fraction of sp³-hybridized carbons (Fsp3) is 0.182. The zero-order valence-corrected chi connectivity index (χ0v) is 16.6. The highest BCUT2D eigenvalue weighted by Crippen LogP contribution is 2.43. The van der Waals surface area contributed by atoms with Gasteiger partial charge >= 0.3 is 0 Å². The minimum Gasteiger partial charge on any atom is -0.497 e. The average Bonchev–Trinajstić information content (AvgIpc) is 3.48. The van der Waals surface area contributed by atoms with Crippen molar-refractivity contribution in [2.75, 3.05) is 14.2 Å². The Balaban J connectivity index is 1.63. The van der Waals surface area contributed by atoms with Crippen LogP contribution in [0.25, 0.3) is 17.6 Å². The minimum absolute atomic E-state index is 0.366. The van der Waals surface area contributed by atoms with E-state index in [-0.39, 0.29) is 5.41 Å². The molecule has 30 heavy (non-hydrogen) atoms. The molecule has 2 heterocycles. The Labute approximate surface area is 172 Å². The van der Waals surface area contributed by atoms with Gasteiger partial charge in [-0.3, -0.25) is 5.10 Å². The monoisotopic (exact) mass is 400 g/mol. The van der Waals surface area contributed by atoms with Crippen molar-refractivity contribution in [3.05, 3.63) is 77.0 Å². The van der Waals surface area contributed by atoms with E-state index in [1.165, 1.54) is 0 Å². The molecule has 0 fully saturated rings. The van der Waals surface area contributed by atoms with Crippen molar-refractivity contribution < 1.29 is 9.47 Å². The molecular formula is C22H20N6O2. The molecular weight excluding hydrogens is 380 g/mol. The Morgan fingerprint density at radius 1 is 0.867 bits per heavy atom. The van der Waals surface area contributed by atoms with Crippen LogP contribution in [0, 0.1) is 0 Å². The number of rotatable bonds is 5. The van der Waals surface area contributed by atoms with Gasteiger partial charge in [0.15, 0.2) is 0 Å². The summed E-state index contributed by atoms with van der Waals surface area (Å²) in [6, 6.07) is 16.4. The third kappa shape index (κ3) is 2.85. The van der Waals surface area contributed by atoms with E-state index in [1.807, 2.05) is 24.3 Å². The topological polar surface area (TPSA) is 102 Å². The van der Waals surface area contributed by atoms with E-state index in [1.54, 1.807) is 14.2 Å². The van der Waals surface area contributed by atoms with Crippen molar-refractivity contribution in [1.82, 2.24) is 30.8 Å². The molecule has 0 bridgehead atoms. The third-order valence-corrected chi connectivity index (χ3v) is 5.65. The van der Waals surface area contributed by atoms with Crippen molar-refractivity contribution in [2.45, 2.75) is 11.8 Å². The molecule has 0 amide bonds. The molecule has 0 atom stereocenters. The van der Waals surface area contributed by atoms with E-state index < -0.39 is 0 Å². The quantitative estimate of drug-likeness (QED) is 0.534. The van der Waals surface area contributed by atoms with Crippen LogP contribution < -0.4 is 9.47 Å². The number of hydrogen-bond acceptors (Lipinski definition) is 6. The fourth-order valence-electron chi connectivity index (χ4n) is 4.04. The summed E-state index contributed by atoms with van der Waals surface area (Å²) in [5, 5.41) is 21.7. The molecule has 4 aromatic rings. The predicted octanol–water partition coefficient (Wildman–Crippen LogP) is 3.16. The van der Waals surface area contributed by atoms with E-state index >= 15 is 0 Å². The van der Waals surface area contributed by atoms with Gasteiger partial charge in [-0.05, 0) is 45.8 Å². The molecule has 0 saturated carbocycles. The summed E-state index contributed by atoms with van der Waals surface area (Å²) in [7, 11) is 3.34. The first kappa shape index (κ1) is 18.1. The second-order valence-electron chi connectivity index (χ2n) is 7.15. The number of benzene rings is 2. The number of aromatic nitrogens is 6. The van der Waals surface area contributed by atoms with Gasteiger partial charge in [0.25, 0.3) is 0 Å². The lowest BCUT2D eigenvalue weighted by molar-refractivity contribution is 0.414. The summed E-state index contributed by atoms with van der Waals surface area (Å²) in [5.41, 5.74) is 4.68. The van der Waals surface area contributed by atoms with Crippen LogP contribution in [0.2, 0.25) is 0 Å². The number of hydrogen-bond donors (Lipinski definition) is 2. The number of nitrogens with zero attached hydrogens (tertiary/aromatic N) is 4. The van der Waals surface area contributed by atoms with Crippen LogP contribution in [0.15, 0.2) is 54.6 Å². The van der Waals surface area contributed by atoms with Gasteiger partial charge < -0.3 is 9.47 Å². The molecule has 0 saturated heterocycles. The molecule has 1 aliphatic rings. The summed E-state index contributed by atoms with van der Waals surface area (Å²) in [4.78, 5) is 0. The first-order chi connectivity index (χ1) is 14.7. The van der Waals surface area contributed by atoms with Gasteiger partial charge in [-0.2, -0.15) is 5.10 Å². The standard InChI is InChI=1S/C22H20N6O2/c1-29-16-7-3-14(4-8-16)22(15-5-9-17(30-2)10-6-15)12-11-18-19(13-22)23-24-20(18)21-25-27-28-26-21/h3-12H,13H2,1-2H3,(H,23,24)(H,25,26,27,28).